The molecule has 0 aromatic heterocycles. The van der Waals surface area contributed by atoms with E-state index >= 15 is 0 Å². The number of phosphoric ester groups is 1. The Bertz CT molecular complexity index is 1540. The zero-order valence-corrected chi connectivity index (χ0v) is 50.4. The van der Waals surface area contributed by atoms with E-state index in [1.807, 2.05) is 21.1 Å². The molecule has 0 aliphatic rings. The van der Waals surface area contributed by atoms with Gasteiger partial charge in [-0.15, -0.1) is 0 Å². The molecule has 3 unspecified atom stereocenters. The van der Waals surface area contributed by atoms with Gasteiger partial charge in [-0.3, -0.25) is 9.36 Å². The Kier molecular flexibility index (Phi) is 54.2. The van der Waals surface area contributed by atoms with Crippen LogP contribution < -0.4 is 10.2 Å². The molecular weight excluding hydrogens is 948 g/mol. The quantitative estimate of drug-likeness (QED) is 0.0272. The van der Waals surface area contributed by atoms with E-state index in [1.165, 1.54) is 148 Å². The summed E-state index contributed by atoms with van der Waals surface area (Å²) in [6.07, 6.45) is 80.4. The minimum atomic E-state index is -4.57. The lowest BCUT2D eigenvalue weighted by Crippen LogP contribution is -2.46. The van der Waals surface area contributed by atoms with E-state index in [9.17, 15) is 19.4 Å². The van der Waals surface area contributed by atoms with Crippen LogP contribution in [0.3, 0.4) is 0 Å². The molecule has 0 aromatic carbocycles. The van der Waals surface area contributed by atoms with Crippen LogP contribution in [-0.4, -0.2) is 68.5 Å². The first-order valence-corrected chi connectivity index (χ1v) is 32.5. The summed E-state index contributed by atoms with van der Waals surface area (Å²) in [7, 11) is 1.30. The minimum Gasteiger partial charge on any atom is -0.756 e. The van der Waals surface area contributed by atoms with E-state index in [0.29, 0.717) is 23.9 Å². The minimum absolute atomic E-state index is 0.0102. The van der Waals surface area contributed by atoms with Crippen molar-refractivity contribution in [3.8, 4) is 0 Å². The van der Waals surface area contributed by atoms with Crippen molar-refractivity contribution in [2.24, 2.45) is 0 Å². The average Bonchev–Trinajstić information content (AvgIpc) is 3.37. The van der Waals surface area contributed by atoms with Crippen LogP contribution in [-0.2, 0) is 18.4 Å². The van der Waals surface area contributed by atoms with E-state index in [2.05, 4.69) is 116 Å². The van der Waals surface area contributed by atoms with Crippen molar-refractivity contribution >= 4 is 13.7 Å². The molecule has 0 saturated heterocycles. The first kappa shape index (κ1) is 72.4. The molecule has 0 aliphatic heterocycles. The van der Waals surface area contributed by atoms with Crippen molar-refractivity contribution in [3.05, 3.63) is 97.2 Å². The lowest BCUT2D eigenvalue weighted by molar-refractivity contribution is -0.870. The Morgan fingerprint density at radius 1 is 0.480 bits per heavy atom. The number of carbonyl (C=O) groups is 1. The number of quaternary nitrogens is 1. The summed E-state index contributed by atoms with van der Waals surface area (Å²) in [5.41, 5.74) is 0. The van der Waals surface area contributed by atoms with Crippen molar-refractivity contribution in [3.63, 3.8) is 0 Å². The number of phosphoric acid groups is 1. The summed E-state index contributed by atoms with van der Waals surface area (Å²) < 4.78 is 23.4. The van der Waals surface area contributed by atoms with Crippen LogP contribution in [0.4, 0.5) is 0 Å². The maximum absolute atomic E-state index is 13.0. The van der Waals surface area contributed by atoms with Crippen molar-refractivity contribution in [2.75, 3.05) is 40.9 Å². The number of amides is 1. The van der Waals surface area contributed by atoms with Gasteiger partial charge in [0.05, 0.1) is 39.9 Å². The first-order chi connectivity index (χ1) is 36.5. The van der Waals surface area contributed by atoms with E-state index in [1.54, 1.807) is 0 Å². The molecule has 0 fully saturated rings. The number of carbonyl (C=O) groups excluding carboxylic acids is 1. The number of likely N-dealkylation sites (N-methyl/N-ethyl adjacent to an activating group) is 1. The lowest BCUT2D eigenvalue weighted by Gasteiger charge is -2.30. The summed E-state index contributed by atoms with van der Waals surface area (Å²) in [6, 6.07) is -0.803. The Morgan fingerprint density at radius 2 is 0.813 bits per heavy atom. The standard InChI is InChI=1S/C66H119N2O6P/c1-6-8-10-12-14-16-18-20-21-22-23-24-25-26-27-28-29-30-31-32-33-34-35-36-37-38-39-40-41-42-43-44-45-46-47-48-50-52-54-56-58-60-66(70)67-64(63-74-75(71,72)73-62-61-68(3,4)5)65(69)59-57-55-53-51-49-19-17-15-13-11-9-7-2/h8,10,14,16,20-21,23-24,26-27,29-30,32-33,35-36,64-65,69H,6-7,9,11-13,15,17-19,22,25,28,31,34,37-63H2,1-5H3,(H-,67,70,71,72)/b10-8-,16-14-,21-20-,24-23-,27-26-,30-29-,33-32-,36-35-. The highest BCUT2D eigenvalue weighted by molar-refractivity contribution is 7.45. The lowest BCUT2D eigenvalue weighted by atomic mass is 10.0. The topological polar surface area (TPSA) is 108 Å². The molecule has 0 aliphatic carbocycles. The van der Waals surface area contributed by atoms with Gasteiger partial charge in [0, 0.05) is 6.42 Å². The molecule has 9 heteroatoms. The van der Waals surface area contributed by atoms with Crippen molar-refractivity contribution in [1.29, 1.82) is 0 Å². The number of rotatable bonds is 56. The Morgan fingerprint density at radius 3 is 1.19 bits per heavy atom. The Balaban J connectivity index is 3.93. The Hall–Kier alpha value is -2.58. The van der Waals surface area contributed by atoms with Crippen molar-refractivity contribution in [1.82, 2.24) is 5.32 Å². The van der Waals surface area contributed by atoms with Crippen LogP contribution >= 0.6 is 7.82 Å². The second kappa shape index (κ2) is 56.2. The van der Waals surface area contributed by atoms with Gasteiger partial charge in [0.1, 0.15) is 13.2 Å². The van der Waals surface area contributed by atoms with Gasteiger partial charge in [-0.25, -0.2) is 0 Å². The molecular formula is C66H119N2O6P. The molecule has 0 rings (SSSR count). The van der Waals surface area contributed by atoms with Gasteiger partial charge in [-0.2, -0.15) is 0 Å². The number of nitrogens with zero attached hydrogens (tertiary/aromatic N) is 1. The molecule has 3 atom stereocenters. The number of nitrogens with one attached hydrogen (secondary N) is 1. The van der Waals surface area contributed by atoms with E-state index in [0.717, 1.165) is 89.9 Å². The summed E-state index contributed by atoms with van der Waals surface area (Å²) in [4.78, 5) is 25.5. The van der Waals surface area contributed by atoms with Gasteiger partial charge in [-0.05, 0) is 77.0 Å². The summed E-state index contributed by atoms with van der Waals surface area (Å²) in [5.74, 6) is -0.166. The highest BCUT2D eigenvalue weighted by Crippen LogP contribution is 2.38. The monoisotopic (exact) mass is 1070 g/mol. The second-order valence-corrected chi connectivity index (χ2v) is 23.4. The van der Waals surface area contributed by atoms with Gasteiger partial charge in [-0.1, -0.05) is 278 Å². The predicted octanol–water partition coefficient (Wildman–Crippen LogP) is 18.7. The molecule has 0 spiro atoms. The first-order valence-electron chi connectivity index (χ1n) is 31.1. The van der Waals surface area contributed by atoms with Crippen LogP contribution in [0.1, 0.15) is 264 Å². The molecule has 0 saturated carbocycles. The molecule has 0 radical (unpaired) electrons. The van der Waals surface area contributed by atoms with Crippen molar-refractivity contribution < 1.29 is 32.9 Å². The van der Waals surface area contributed by atoms with Crippen LogP contribution in [0.5, 0.6) is 0 Å². The fraction of sp³-hybridized carbons (Fsp3) is 0.742. The third-order valence-corrected chi connectivity index (χ3v) is 14.6. The molecule has 434 valence electrons. The largest absolute Gasteiger partial charge is 0.756 e. The zero-order chi connectivity index (χ0) is 54.9. The third-order valence-electron chi connectivity index (χ3n) is 13.6. The molecule has 75 heavy (non-hydrogen) atoms. The molecule has 2 N–H and O–H groups in total. The number of hydrogen-bond acceptors (Lipinski definition) is 6. The fourth-order valence-corrected chi connectivity index (χ4v) is 9.49. The number of aliphatic hydroxyl groups excluding tert-OH is 1. The summed E-state index contributed by atoms with van der Waals surface area (Å²) >= 11 is 0. The number of allylic oxidation sites excluding steroid dienone is 16. The third kappa shape index (κ3) is 58.9. The second-order valence-electron chi connectivity index (χ2n) is 22.0. The fourth-order valence-electron chi connectivity index (χ4n) is 8.76. The number of aliphatic hydroxyl groups is 1. The highest BCUT2D eigenvalue weighted by atomic mass is 31.2. The maximum atomic E-state index is 13.0. The number of hydrogen-bond donors (Lipinski definition) is 2. The zero-order valence-electron chi connectivity index (χ0n) is 49.5. The molecule has 0 aromatic rings. The van der Waals surface area contributed by atoms with Crippen LogP contribution in [0, 0.1) is 0 Å². The Labute approximate surface area is 464 Å². The molecule has 1 amide bonds. The van der Waals surface area contributed by atoms with Crippen LogP contribution in [0.15, 0.2) is 97.2 Å². The molecule has 0 heterocycles. The van der Waals surface area contributed by atoms with Gasteiger partial charge in [0.2, 0.25) is 5.91 Å². The number of unbranched alkanes of at least 4 members (excludes halogenated alkanes) is 27. The van der Waals surface area contributed by atoms with E-state index < -0.39 is 20.0 Å². The van der Waals surface area contributed by atoms with E-state index in [-0.39, 0.29) is 19.1 Å². The van der Waals surface area contributed by atoms with Gasteiger partial charge in [0.25, 0.3) is 7.82 Å². The van der Waals surface area contributed by atoms with Gasteiger partial charge in [0.15, 0.2) is 0 Å². The highest BCUT2D eigenvalue weighted by Gasteiger charge is 2.24. The molecule has 0 bridgehead atoms. The van der Waals surface area contributed by atoms with Crippen LogP contribution in [0.2, 0.25) is 0 Å². The van der Waals surface area contributed by atoms with Gasteiger partial charge < -0.3 is 28.8 Å². The maximum Gasteiger partial charge on any atom is 0.268 e. The van der Waals surface area contributed by atoms with Gasteiger partial charge >= 0.3 is 0 Å². The average molecular weight is 1070 g/mol. The van der Waals surface area contributed by atoms with E-state index in [4.69, 9.17) is 9.05 Å². The SMILES string of the molecule is CC/C=C\C/C=C\C/C=C\C/C=C\C/C=C\C/C=C\C/C=C\C/C=C\CCCCCCCCCCCCCCCCCCC(=O)NC(COP(=O)([O-])OCC[N+](C)(C)C)C(O)CCCCCCCCCCCCCC. The predicted molar refractivity (Wildman–Crippen MR) is 325 cm³/mol. The smallest absolute Gasteiger partial charge is 0.268 e. The molecule has 8 nitrogen and oxygen atoms in total. The summed E-state index contributed by atoms with van der Waals surface area (Å²) in [6.45, 7) is 4.60. The normalized spacial score (nSPS) is 14.5. The van der Waals surface area contributed by atoms with Crippen molar-refractivity contribution in [2.45, 2.75) is 276 Å². The summed E-state index contributed by atoms with van der Waals surface area (Å²) in [5, 5.41) is 14.0. The van der Waals surface area contributed by atoms with Crippen LogP contribution in [0.25, 0.3) is 0 Å².